The van der Waals surface area contributed by atoms with Gasteiger partial charge < -0.3 is 9.47 Å². The molecule has 0 aliphatic carbocycles. The van der Waals surface area contributed by atoms with Crippen LogP contribution in [0.3, 0.4) is 0 Å². The molecule has 2 aromatic rings. The highest BCUT2D eigenvalue weighted by Crippen LogP contribution is 2.22. The maximum absolute atomic E-state index is 13.9. The average Bonchev–Trinajstić information content (AvgIpc) is 2.50. The Morgan fingerprint density at radius 3 is 2.43 bits per heavy atom. The fourth-order valence-electron chi connectivity index (χ4n) is 2.00. The molecule has 0 aromatic heterocycles. The van der Waals surface area contributed by atoms with Gasteiger partial charge in [-0.1, -0.05) is 35.9 Å². The summed E-state index contributed by atoms with van der Waals surface area (Å²) in [5.74, 6) is -1.13. The normalized spacial score (nSPS) is 11.8. The van der Waals surface area contributed by atoms with Gasteiger partial charge in [-0.15, -0.1) is 0 Å². The first kappa shape index (κ1) is 15.0. The Labute approximate surface area is 123 Å². The minimum absolute atomic E-state index is 0.0245. The van der Waals surface area contributed by atoms with Crippen molar-refractivity contribution in [3.63, 3.8) is 0 Å². The van der Waals surface area contributed by atoms with Gasteiger partial charge >= 0.3 is 5.97 Å². The van der Waals surface area contributed by atoms with Gasteiger partial charge in [0.2, 0.25) is 0 Å². The number of halogens is 1. The molecule has 0 N–H and O–H groups in total. The van der Waals surface area contributed by atoms with E-state index < -0.39 is 17.7 Å². The Morgan fingerprint density at radius 1 is 1.14 bits per heavy atom. The molecule has 3 nitrogen and oxygen atoms in total. The monoisotopic (exact) mass is 288 g/mol. The van der Waals surface area contributed by atoms with Crippen molar-refractivity contribution >= 4 is 5.97 Å². The van der Waals surface area contributed by atoms with Crippen LogP contribution in [0.4, 0.5) is 4.39 Å². The number of hydrogen-bond acceptors (Lipinski definition) is 3. The number of carbonyl (C=O) groups is 1. The van der Waals surface area contributed by atoms with E-state index in [1.807, 2.05) is 31.2 Å². The summed E-state index contributed by atoms with van der Waals surface area (Å²) in [6, 6.07) is 13.6. The van der Waals surface area contributed by atoms with Crippen molar-refractivity contribution in [3.05, 3.63) is 65.5 Å². The molecule has 2 rings (SSSR count). The van der Waals surface area contributed by atoms with E-state index in [0.717, 1.165) is 5.56 Å². The summed E-state index contributed by atoms with van der Waals surface area (Å²) in [4.78, 5) is 11.9. The van der Waals surface area contributed by atoms with Crippen LogP contribution in [0.1, 0.15) is 17.0 Å². The lowest BCUT2D eigenvalue weighted by Gasteiger charge is -2.16. The molecule has 4 heteroatoms. The maximum Gasteiger partial charge on any atom is 0.316 e. The van der Waals surface area contributed by atoms with E-state index in [4.69, 9.17) is 9.47 Å². The lowest BCUT2D eigenvalue weighted by Crippen LogP contribution is -2.22. The van der Waals surface area contributed by atoms with Gasteiger partial charge in [0.1, 0.15) is 24.1 Å². The van der Waals surface area contributed by atoms with Crippen molar-refractivity contribution in [1.29, 1.82) is 0 Å². The molecule has 0 amide bonds. The number of carbonyl (C=O) groups excluding carboxylic acids is 1. The Balaban J connectivity index is 2.16. The Kier molecular flexibility index (Phi) is 4.93. The van der Waals surface area contributed by atoms with Crippen molar-refractivity contribution < 1.29 is 18.7 Å². The molecule has 0 bridgehead atoms. The minimum atomic E-state index is -0.794. The zero-order valence-electron chi connectivity index (χ0n) is 12.0. The minimum Gasteiger partial charge on any atom is -0.492 e. The van der Waals surface area contributed by atoms with Gasteiger partial charge in [0.05, 0.1) is 7.11 Å². The summed E-state index contributed by atoms with van der Waals surface area (Å²) in [6.45, 7) is 2.00. The van der Waals surface area contributed by atoms with Crippen LogP contribution in [0.5, 0.6) is 5.75 Å². The molecule has 0 saturated carbocycles. The summed E-state index contributed by atoms with van der Waals surface area (Å²) in [7, 11) is 1.28. The van der Waals surface area contributed by atoms with Gasteiger partial charge in [0, 0.05) is 5.56 Å². The zero-order chi connectivity index (χ0) is 15.2. The Morgan fingerprint density at radius 2 is 1.81 bits per heavy atom. The molecule has 0 aliphatic heterocycles. The first-order valence-electron chi connectivity index (χ1n) is 6.63. The van der Waals surface area contributed by atoms with Crippen LogP contribution in [0.15, 0.2) is 48.5 Å². The summed E-state index contributed by atoms with van der Waals surface area (Å²) in [5.41, 5.74) is 1.39. The van der Waals surface area contributed by atoms with Crippen molar-refractivity contribution in [2.24, 2.45) is 0 Å². The van der Waals surface area contributed by atoms with E-state index >= 15 is 0 Å². The molecular weight excluding hydrogens is 271 g/mol. The summed E-state index contributed by atoms with van der Waals surface area (Å²) in [6.07, 6.45) is 0. The van der Waals surface area contributed by atoms with E-state index in [-0.39, 0.29) is 12.2 Å². The van der Waals surface area contributed by atoms with Crippen molar-refractivity contribution in [2.45, 2.75) is 12.8 Å². The van der Waals surface area contributed by atoms with Gasteiger partial charge in [-0.2, -0.15) is 0 Å². The molecule has 0 spiro atoms. The number of ether oxygens (including phenoxy) is 2. The molecule has 0 radical (unpaired) electrons. The van der Waals surface area contributed by atoms with E-state index in [2.05, 4.69) is 0 Å². The van der Waals surface area contributed by atoms with Gasteiger partial charge in [0.25, 0.3) is 0 Å². The molecule has 110 valence electrons. The van der Waals surface area contributed by atoms with Gasteiger partial charge in [-0.25, -0.2) is 4.39 Å². The van der Waals surface area contributed by atoms with E-state index in [9.17, 15) is 9.18 Å². The lowest BCUT2D eigenvalue weighted by molar-refractivity contribution is -0.143. The van der Waals surface area contributed by atoms with Crippen molar-refractivity contribution in [3.8, 4) is 5.75 Å². The fourth-order valence-corrected chi connectivity index (χ4v) is 2.00. The highest BCUT2D eigenvalue weighted by Gasteiger charge is 2.25. The zero-order valence-corrected chi connectivity index (χ0v) is 12.0. The number of aryl methyl sites for hydroxylation is 1. The third kappa shape index (κ3) is 3.81. The first-order valence-corrected chi connectivity index (χ1v) is 6.63. The standard InChI is InChI=1S/C17H17FO3/c1-12-7-9-13(10-8-12)21-11-15(17(19)20-2)14-5-3-4-6-16(14)18/h3-10,15H,11H2,1-2H3. The van der Waals surface area contributed by atoms with Crippen LogP contribution in [0, 0.1) is 12.7 Å². The fraction of sp³-hybridized carbons (Fsp3) is 0.235. The van der Waals surface area contributed by atoms with Crippen molar-refractivity contribution in [2.75, 3.05) is 13.7 Å². The SMILES string of the molecule is COC(=O)C(COc1ccc(C)cc1)c1ccccc1F. The molecule has 0 fully saturated rings. The second-order valence-corrected chi connectivity index (χ2v) is 4.72. The summed E-state index contributed by atoms with van der Waals surface area (Å²) >= 11 is 0. The van der Waals surface area contributed by atoms with Crippen LogP contribution >= 0.6 is 0 Å². The maximum atomic E-state index is 13.9. The third-order valence-electron chi connectivity index (χ3n) is 3.20. The smallest absolute Gasteiger partial charge is 0.316 e. The molecule has 2 aromatic carbocycles. The molecule has 0 heterocycles. The lowest BCUT2D eigenvalue weighted by atomic mass is 9.99. The largest absolute Gasteiger partial charge is 0.492 e. The van der Waals surface area contributed by atoms with E-state index in [1.54, 1.807) is 18.2 Å². The molecule has 1 unspecified atom stereocenters. The Bertz CT molecular complexity index is 608. The van der Waals surface area contributed by atoms with Crippen LogP contribution in [-0.2, 0) is 9.53 Å². The van der Waals surface area contributed by atoms with Crippen molar-refractivity contribution in [1.82, 2.24) is 0 Å². The van der Waals surface area contributed by atoms with Gasteiger partial charge in [0.15, 0.2) is 0 Å². The second kappa shape index (κ2) is 6.88. The van der Waals surface area contributed by atoms with E-state index in [0.29, 0.717) is 5.75 Å². The highest BCUT2D eigenvalue weighted by molar-refractivity contribution is 5.78. The number of rotatable bonds is 5. The topological polar surface area (TPSA) is 35.5 Å². The number of hydrogen-bond donors (Lipinski definition) is 0. The average molecular weight is 288 g/mol. The summed E-state index contributed by atoms with van der Waals surface area (Å²) < 4.78 is 24.2. The predicted octanol–water partition coefficient (Wildman–Crippen LogP) is 3.47. The van der Waals surface area contributed by atoms with Crippen LogP contribution in [0.25, 0.3) is 0 Å². The summed E-state index contributed by atoms with van der Waals surface area (Å²) in [5, 5.41) is 0. The molecule has 0 saturated heterocycles. The third-order valence-corrected chi connectivity index (χ3v) is 3.20. The highest BCUT2D eigenvalue weighted by atomic mass is 19.1. The van der Waals surface area contributed by atoms with Crippen LogP contribution in [0.2, 0.25) is 0 Å². The van der Waals surface area contributed by atoms with Crippen LogP contribution in [-0.4, -0.2) is 19.7 Å². The Hall–Kier alpha value is -2.36. The molecule has 1 atom stereocenters. The number of benzene rings is 2. The predicted molar refractivity (Wildman–Crippen MR) is 77.8 cm³/mol. The number of esters is 1. The first-order chi connectivity index (χ1) is 10.1. The van der Waals surface area contributed by atoms with Crippen LogP contribution < -0.4 is 4.74 Å². The van der Waals surface area contributed by atoms with Gasteiger partial charge in [-0.05, 0) is 25.1 Å². The molecule has 21 heavy (non-hydrogen) atoms. The van der Waals surface area contributed by atoms with E-state index in [1.165, 1.54) is 13.2 Å². The molecule has 0 aliphatic rings. The second-order valence-electron chi connectivity index (χ2n) is 4.72. The molecular formula is C17H17FO3. The van der Waals surface area contributed by atoms with Gasteiger partial charge in [-0.3, -0.25) is 4.79 Å². The quantitative estimate of drug-likeness (QED) is 0.790. The number of methoxy groups -OCH3 is 1.